The van der Waals surface area contributed by atoms with Gasteiger partial charge in [-0.3, -0.25) is 4.79 Å². The minimum Gasteiger partial charge on any atom is -0.459 e. The molecule has 0 spiro atoms. The first kappa shape index (κ1) is 16.0. The number of aromatic nitrogens is 2. The predicted octanol–water partition coefficient (Wildman–Crippen LogP) is 4.10. The van der Waals surface area contributed by atoms with E-state index in [2.05, 4.69) is 4.98 Å². The quantitative estimate of drug-likeness (QED) is 0.555. The number of imidazole rings is 1. The smallest absolute Gasteiger partial charge is 0.168 e. The van der Waals surface area contributed by atoms with E-state index in [-0.39, 0.29) is 30.4 Å². The third-order valence-corrected chi connectivity index (χ3v) is 5.09. The van der Waals surface area contributed by atoms with E-state index in [9.17, 15) is 14.3 Å². The summed E-state index contributed by atoms with van der Waals surface area (Å²) in [6.45, 7) is -0.276. The highest BCUT2D eigenvalue weighted by Crippen LogP contribution is 2.41. The van der Waals surface area contributed by atoms with Crippen LogP contribution in [-0.2, 0) is 6.61 Å². The van der Waals surface area contributed by atoms with Crippen LogP contribution in [0.3, 0.4) is 0 Å². The first-order valence-corrected chi connectivity index (χ1v) is 8.63. The van der Waals surface area contributed by atoms with Gasteiger partial charge in [0.25, 0.3) is 0 Å². The van der Waals surface area contributed by atoms with Gasteiger partial charge in [-0.15, -0.1) is 0 Å². The molecule has 1 atom stereocenters. The van der Waals surface area contributed by atoms with Crippen molar-refractivity contribution in [2.75, 3.05) is 0 Å². The number of aliphatic hydroxyl groups excluding tert-OH is 1. The number of hydrogen-bond donors (Lipinski definition) is 1. The molecule has 1 unspecified atom stereocenters. The van der Waals surface area contributed by atoms with Gasteiger partial charge in [-0.05, 0) is 17.7 Å². The Labute approximate surface area is 153 Å². The number of Topliss-reactive ketones (excluding diaryl/α,β-unsaturated/α-hetero) is 1. The van der Waals surface area contributed by atoms with E-state index < -0.39 is 5.82 Å². The zero-order chi connectivity index (χ0) is 18.5. The summed E-state index contributed by atoms with van der Waals surface area (Å²) in [6, 6.07) is 12.0. The monoisotopic (exact) mass is 362 g/mol. The average molecular weight is 362 g/mol. The standard InChI is InChI=1S/C21H15FN2O3/c22-17-7-21-12(5-13(10-25)27-21)6-16(17)20(26)8-18-14-3-1-2-4-15(14)19-9-23-11-24(18)19/h1-7,9,11,18,25H,8,10H2. The number of carbonyl (C=O) groups is 1. The van der Waals surface area contributed by atoms with E-state index in [1.165, 1.54) is 12.1 Å². The summed E-state index contributed by atoms with van der Waals surface area (Å²) in [6.07, 6.45) is 3.61. The lowest BCUT2D eigenvalue weighted by Gasteiger charge is -2.14. The molecule has 1 aliphatic rings. The van der Waals surface area contributed by atoms with Crippen LogP contribution in [0.1, 0.15) is 34.1 Å². The van der Waals surface area contributed by atoms with Gasteiger partial charge in [0, 0.05) is 23.4 Å². The van der Waals surface area contributed by atoms with E-state index in [1.807, 2.05) is 28.8 Å². The van der Waals surface area contributed by atoms with Crippen molar-refractivity contribution in [3.63, 3.8) is 0 Å². The van der Waals surface area contributed by atoms with Gasteiger partial charge >= 0.3 is 0 Å². The molecule has 0 saturated carbocycles. The van der Waals surface area contributed by atoms with Crippen molar-refractivity contribution in [3.8, 4) is 11.3 Å². The van der Waals surface area contributed by atoms with Crippen molar-refractivity contribution in [2.45, 2.75) is 19.1 Å². The molecule has 6 heteroatoms. The molecule has 2 aromatic heterocycles. The Morgan fingerprint density at radius 2 is 2.11 bits per heavy atom. The maximum absolute atomic E-state index is 14.5. The Morgan fingerprint density at radius 1 is 1.26 bits per heavy atom. The summed E-state index contributed by atoms with van der Waals surface area (Å²) in [5, 5.41) is 9.77. The van der Waals surface area contributed by atoms with Gasteiger partial charge in [0.1, 0.15) is 23.8 Å². The van der Waals surface area contributed by atoms with Crippen LogP contribution in [0.4, 0.5) is 4.39 Å². The van der Waals surface area contributed by atoms with Crippen molar-refractivity contribution < 1.29 is 18.7 Å². The number of benzene rings is 2. The minimum atomic E-state index is -0.622. The van der Waals surface area contributed by atoms with Gasteiger partial charge < -0.3 is 14.1 Å². The van der Waals surface area contributed by atoms with Gasteiger partial charge in [-0.25, -0.2) is 9.37 Å². The summed E-state index contributed by atoms with van der Waals surface area (Å²) < 4.78 is 21.8. The van der Waals surface area contributed by atoms with Gasteiger partial charge in [0.05, 0.1) is 29.8 Å². The lowest BCUT2D eigenvalue weighted by molar-refractivity contribution is 0.0967. The van der Waals surface area contributed by atoms with Gasteiger partial charge in [0.15, 0.2) is 5.78 Å². The third kappa shape index (κ3) is 2.41. The molecular formula is C21H15FN2O3. The van der Waals surface area contributed by atoms with Crippen LogP contribution < -0.4 is 0 Å². The normalized spacial score (nSPS) is 15.1. The number of rotatable bonds is 4. The molecule has 5 rings (SSSR count). The van der Waals surface area contributed by atoms with Crippen LogP contribution in [0.15, 0.2) is 59.4 Å². The Morgan fingerprint density at radius 3 is 2.96 bits per heavy atom. The molecule has 134 valence electrons. The highest BCUT2D eigenvalue weighted by Gasteiger charge is 2.30. The van der Waals surface area contributed by atoms with Crippen molar-refractivity contribution in [1.29, 1.82) is 0 Å². The zero-order valence-corrected chi connectivity index (χ0v) is 14.2. The molecule has 1 aliphatic heterocycles. The number of carbonyl (C=O) groups excluding carboxylic acids is 1. The summed E-state index contributed by atoms with van der Waals surface area (Å²) in [4.78, 5) is 17.1. The Bertz CT molecular complexity index is 1190. The first-order chi connectivity index (χ1) is 13.2. The SMILES string of the molecule is O=C(CC1c2ccccc2-c2cncn21)c1cc2cc(CO)oc2cc1F. The van der Waals surface area contributed by atoms with E-state index in [4.69, 9.17) is 4.42 Å². The molecular weight excluding hydrogens is 347 g/mol. The molecule has 0 amide bonds. The van der Waals surface area contributed by atoms with E-state index in [0.717, 1.165) is 16.8 Å². The molecule has 27 heavy (non-hydrogen) atoms. The summed E-state index contributed by atoms with van der Waals surface area (Å²) in [5.41, 5.74) is 3.39. The first-order valence-electron chi connectivity index (χ1n) is 8.63. The van der Waals surface area contributed by atoms with Crippen LogP contribution in [-0.4, -0.2) is 20.4 Å². The van der Waals surface area contributed by atoms with E-state index in [1.54, 1.807) is 18.6 Å². The molecule has 4 aromatic rings. The third-order valence-electron chi connectivity index (χ3n) is 5.09. The van der Waals surface area contributed by atoms with Crippen LogP contribution in [0.5, 0.6) is 0 Å². The molecule has 0 bridgehead atoms. The summed E-state index contributed by atoms with van der Waals surface area (Å²) in [5.74, 6) is -0.576. The topological polar surface area (TPSA) is 68.3 Å². The average Bonchev–Trinajstić information content (AvgIpc) is 3.36. The fourth-order valence-corrected chi connectivity index (χ4v) is 3.83. The zero-order valence-electron chi connectivity index (χ0n) is 14.2. The largest absolute Gasteiger partial charge is 0.459 e. The number of ketones is 1. The number of fused-ring (bicyclic) bond motifs is 4. The molecule has 0 radical (unpaired) electrons. The van der Waals surface area contributed by atoms with E-state index >= 15 is 0 Å². The minimum absolute atomic E-state index is 0.0267. The Balaban J connectivity index is 1.53. The van der Waals surface area contributed by atoms with Crippen molar-refractivity contribution in [1.82, 2.24) is 9.55 Å². The number of aliphatic hydroxyl groups is 1. The molecule has 3 heterocycles. The second-order valence-corrected chi connectivity index (χ2v) is 6.66. The Hall–Kier alpha value is -3.25. The van der Waals surface area contributed by atoms with Crippen LogP contribution in [0, 0.1) is 5.82 Å². The molecule has 5 nitrogen and oxygen atoms in total. The highest BCUT2D eigenvalue weighted by atomic mass is 19.1. The number of nitrogens with zero attached hydrogens (tertiary/aromatic N) is 2. The van der Waals surface area contributed by atoms with Crippen LogP contribution in [0.2, 0.25) is 0 Å². The molecule has 1 N–H and O–H groups in total. The molecule has 0 fully saturated rings. The highest BCUT2D eigenvalue weighted by molar-refractivity contribution is 6.00. The van der Waals surface area contributed by atoms with Crippen molar-refractivity contribution in [2.24, 2.45) is 0 Å². The summed E-state index contributed by atoms with van der Waals surface area (Å²) >= 11 is 0. The molecule has 2 aromatic carbocycles. The van der Waals surface area contributed by atoms with Gasteiger partial charge in [0.2, 0.25) is 0 Å². The number of halogens is 1. The van der Waals surface area contributed by atoms with E-state index in [0.29, 0.717) is 16.7 Å². The predicted molar refractivity (Wildman–Crippen MR) is 96.8 cm³/mol. The molecule has 0 aliphatic carbocycles. The maximum atomic E-state index is 14.5. The van der Waals surface area contributed by atoms with Gasteiger partial charge in [-0.2, -0.15) is 0 Å². The van der Waals surface area contributed by atoms with Crippen molar-refractivity contribution in [3.05, 3.63) is 77.7 Å². The van der Waals surface area contributed by atoms with Crippen LogP contribution >= 0.6 is 0 Å². The molecule has 0 saturated heterocycles. The fraction of sp³-hybridized carbons (Fsp3) is 0.143. The second kappa shape index (κ2) is 5.89. The Kier molecular flexibility index (Phi) is 3.48. The van der Waals surface area contributed by atoms with Crippen molar-refractivity contribution >= 4 is 16.8 Å². The lowest BCUT2D eigenvalue weighted by Crippen LogP contribution is -2.12. The number of furan rings is 1. The van der Waals surface area contributed by atoms with Gasteiger partial charge in [-0.1, -0.05) is 24.3 Å². The maximum Gasteiger partial charge on any atom is 0.168 e. The summed E-state index contributed by atoms with van der Waals surface area (Å²) in [7, 11) is 0. The fourth-order valence-electron chi connectivity index (χ4n) is 3.83. The second-order valence-electron chi connectivity index (χ2n) is 6.66. The van der Waals surface area contributed by atoms with Crippen LogP contribution in [0.25, 0.3) is 22.2 Å². The lowest BCUT2D eigenvalue weighted by atomic mass is 9.96. The number of hydrogen-bond acceptors (Lipinski definition) is 4.